The van der Waals surface area contributed by atoms with E-state index in [1.807, 2.05) is 0 Å². The first-order valence-electron chi connectivity index (χ1n) is 4.31. The number of rotatable bonds is 2. The number of anilines is 1. The van der Waals surface area contributed by atoms with E-state index < -0.39 is 0 Å². The minimum atomic E-state index is -0.207. The molecule has 0 aliphatic heterocycles. The SMILES string of the molecule is O=C(Nc1ccc(Cl)cc1I)c1cscn1. The van der Waals surface area contributed by atoms with Crippen LogP contribution >= 0.6 is 45.5 Å². The molecule has 0 bridgehead atoms. The van der Waals surface area contributed by atoms with E-state index in [9.17, 15) is 4.79 Å². The third-order valence-corrected chi connectivity index (χ3v) is 3.56. The Morgan fingerprint density at radius 2 is 2.31 bits per heavy atom. The first-order chi connectivity index (χ1) is 7.66. The van der Waals surface area contributed by atoms with Crippen molar-refractivity contribution in [2.45, 2.75) is 0 Å². The molecule has 0 unspecified atom stereocenters. The van der Waals surface area contributed by atoms with Gasteiger partial charge in [0.1, 0.15) is 5.69 Å². The van der Waals surface area contributed by atoms with Crippen LogP contribution in [0.3, 0.4) is 0 Å². The molecule has 82 valence electrons. The summed E-state index contributed by atoms with van der Waals surface area (Å²) in [5.41, 5.74) is 2.79. The lowest BCUT2D eigenvalue weighted by Gasteiger charge is -2.05. The van der Waals surface area contributed by atoms with Gasteiger partial charge in [-0.1, -0.05) is 11.6 Å². The largest absolute Gasteiger partial charge is 0.320 e. The fourth-order valence-corrected chi connectivity index (χ4v) is 2.64. The Kier molecular flexibility index (Phi) is 3.78. The highest BCUT2D eigenvalue weighted by molar-refractivity contribution is 14.1. The first-order valence-corrected chi connectivity index (χ1v) is 6.71. The topological polar surface area (TPSA) is 42.0 Å². The summed E-state index contributed by atoms with van der Waals surface area (Å²) in [7, 11) is 0. The zero-order valence-corrected chi connectivity index (χ0v) is 11.6. The molecule has 3 nitrogen and oxygen atoms in total. The summed E-state index contributed by atoms with van der Waals surface area (Å²) < 4.78 is 0.897. The highest BCUT2D eigenvalue weighted by Crippen LogP contribution is 2.22. The Hall–Kier alpha value is -0.660. The van der Waals surface area contributed by atoms with E-state index in [0.29, 0.717) is 10.7 Å². The maximum absolute atomic E-state index is 11.7. The standard InChI is InChI=1S/C10H6ClIN2OS/c11-6-1-2-8(7(12)3-6)14-10(15)9-4-16-5-13-9/h1-5H,(H,14,15). The highest BCUT2D eigenvalue weighted by Gasteiger charge is 2.09. The number of hydrogen-bond donors (Lipinski definition) is 1. The van der Waals surface area contributed by atoms with Crippen molar-refractivity contribution in [3.63, 3.8) is 0 Å². The number of carbonyl (C=O) groups excluding carboxylic acids is 1. The van der Waals surface area contributed by atoms with Gasteiger partial charge in [0.2, 0.25) is 0 Å². The smallest absolute Gasteiger partial charge is 0.275 e. The van der Waals surface area contributed by atoms with Crippen molar-refractivity contribution in [1.29, 1.82) is 0 Å². The lowest BCUT2D eigenvalue weighted by Crippen LogP contribution is -2.12. The second-order valence-corrected chi connectivity index (χ2v) is 5.27. The molecule has 0 radical (unpaired) electrons. The van der Waals surface area contributed by atoms with Crippen LogP contribution in [0.1, 0.15) is 10.5 Å². The van der Waals surface area contributed by atoms with E-state index in [2.05, 4.69) is 32.9 Å². The van der Waals surface area contributed by atoms with Gasteiger partial charge in [-0.2, -0.15) is 0 Å². The van der Waals surface area contributed by atoms with Crippen molar-refractivity contribution in [3.8, 4) is 0 Å². The van der Waals surface area contributed by atoms with Crippen LogP contribution in [0, 0.1) is 3.57 Å². The molecule has 6 heteroatoms. The van der Waals surface area contributed by atoms with E-state index in [1.165, 1.54) is 11.3 Å². The Labute approximate surface area is 115 Å². The summed E-state index contributed by atoms with van der Waals surface area (Å²) in [4.78, 5) is 15.6. The van der Waals surface area contributed by atoms with Crippen LogP contribution < -0.4 is 5.32 Å². The quantitative estimate of drug-likeness (QED) is 0.827. The number of amides is 1. The molecular formula is C10H6ClIN2OS. The van der Waals surface area contributed by atoms with Gasteiger partial charge in [0, 0.05) is 14.0 Å². The maximum atomic E-state index is 11.7. The lowest BCUT2D eigenvalue weighted by atomic mass is 10.3. The minimum Gasteiger partial charge on any atom is -0.320 e. The van der Waals surface area contributed by atoms with Crippen molar-refractivity contribution in [1.82, 2.24) is 4.98 Å². The number of halogens is 2. The van der Waals surface area contributed by atoms with Gasteiger partial charge in [-0.15, -0.1) is 11.3 Å². The van der Waals surface area contributed by atoms with E-state index in [-0.39, 0.29) is 5.91 Å². The molecule has 1 amide bonds. The van der Waals surface area contributed by atoms with Crippen LogP contribution in [0.25, 0.3) is 0 Å². The molecule has 0 saturated heterocycles. The van der Waals surface area contributed by atoms with Gasteiger partial charge in [0.15, 0.2) is 0 Å². The van der Waals surface area contributed by atoms with Crippen LogP contribution in [-0.2, 0) is 0 Å². The number of benzene rings is 1. The average Bonchev–Trinajstić information content (AvgIpc) is 2.75. The Morgan fingerprint density at radius 1 is 1.50 bits per heavy atom. The average molecular weight is 365 g/mol. The first kappa shape index (κ1) is 11.8. The van der Waals surface area contributed by atoms with E-state index in [4.69, 9.17) is 11.6 Å². The number of aromatic nitrogens is 1. The molecule has 0 spiro atoms. The monoisotopic (exact) mass is 364 g/mol. The predicted molar refractivity (Wildman–Crippen MR) is 74.2 cm³/mol. The molecule has 1 aromatic heterocycles. The summed E-state index contributed by atoms with van der Waals surface area (Å²) in [5, 5.41) is 5.13. The van der Waals surface area contributed by atoms with Gasteiger partial charge < -0.3 is 5.32 Å². The molecule has 0 fully saturated rings. The molecule has 1 aromatic carbocycles. The molecule has 0 atom stereocenters. The second kappa shape index (κ2) is 5.11. The second-order valence-electron chi connectivity index (χ2n) is 2.95. The fourth-order valence-electron chi connectivity index (χ4n) is 1.10. The lowest BCUT2D eigenvalue weighted by molar-refractivity contribution is 0.102. The molecule has 0 aliphatic rings. The normalized spacial score (nSPS) is 10.1. The molecule has 1 heterocycles. The summed E-state index contributed by atoms with van der Waals surface area (Å²) in [5.74, 6) is -0.207. The molecule has 16 heavy (non-hydrogen) atoms. The summed E-state index contributed by atoms with van der Waals surface area (Å²) >= 11 is 9.34. The van der Waals surface area contributed by atoms with Crippen molar-refractivity contribution in [3.05, 3.63) is 43.4 Å². The van der Waals surface area contributed by atoms with Crippen molar-refractivity contribution >= 4 is 57.1 Å². The third kappa shape index (κ3) is 2.72. The summed E-state index contributed by atoms with van der Waals surface area (Å²) in [6, 6.07) is 5.30. The van der Waals surface area contributed by atoms with Gasteiger partial charge in [0.25, 0.3) is 5.91 Å². The molecule has 1 N–H and O–H groups in total. The predicted octanol–water partition coefficient (Wildman–Crippen LogP) is 3.65. The number of nitrogens with zero attached hydrogens (tertiary/aromatic N) is 1. The molecule has 0 saturated carbocycles. The van der Waals surface area contributed by atoms with E-state index >= 15 is 0 Å². The molecule has 2 aromatic rings. The Bertz CT molecular complexity index is 516. The number of hydrogen-bond acceptors (Lipinski definition) is 3. The van der Waals surface area contributed by atoms with Crippen LogP contribution in [0.2, 0.25) is 5.02 Å². The third-order valence-electron chi connectivity index (χ3n) is 1.84. The van der Waals surface area contributed by atoms with E-state index in [1.54, 1.807) is 29.1 Å². The fraction of sp³-hybridized carbons (Fsp3) is 0. The van der Waals surface area contributed by atoms with Gasteiger partial charge >= 0.3 is 0 Å². The van der Waals surface area contributed by atoms with Gasteiger partial charge in [-0.05, 0) is 40.8 Å². The Balaban J connectivity index is 2.18. The molecular weight excluding hydrogens is 359 g/mol. The number of nitrogens with one attached hydrogen (secondary N) is 1. The van der Waals surface area contributed by atoms with Crippen LogP contribution in [0.5, 0.6) is 0 Å². The van der Waals surface area contributed by atoms with Gasteiger partial charge in [-0.3, -0.25) is 4.79 Å². The van der Waals surface area contributed by atoms with Gasteiger partial charge in [0.05, 0.1) is 11.2 Å². The highest BCUT2D eigenvalue weighted by atomic mass is 127. The zero-order valence-electron chi connectivity index (χ0n) is 7.91. The number of carbonyl (C=O) groups is 1. The number of thiazole rings is 1. The van der Waals surface area contributed by atoms with Crippen LogP contribution in [0.4, 0.5) is 5.69 Å². The van der Waals surface area contributed by atoms with Crippen molar-refractivity contribution in [2.75, 3.05) is 5.32 Å². The van der Waals surface area contributed by atoms with Gasteiger partial charge in [-0.25, -0.2) is 4.98 Å². The Morgan fingerprint density at radius 3 is 2.94 bits per heavy atom. The van der Waals surface area contributed by atoms with Crippen LogP contribution in [0.15, 0.2) is 29.1 Å². The molecule has 0 aliphatic carbocycles. The minimum absolute atomic E-state index is 0.207. The zero-order chi connectivity index (χ0) is 11.5. The van der Waals surface area contributed by atoms with Crippen molar-refractivity contribution in [2.24, 2.45) is 0 Å². The van der Waals surface area contributed by atoms with Crippen molar-refractivity contribution < 1.29 is 4.79 Å². The van der Waals surface area contributed by atoms with Crippen LogP contribution in [-0.4, -0.2) is 10.9 Å². The van der Waals surface area contributed by atoms with E-state index in [0.717, 1.165) is 9.26 Å². The maximum Gasteiger partial charge on any atom is 0.275 e. The summed E-state index contributed by atoms with van der Waals surface area (Å²) in [6.45, 7) is 0. The summed E-state index contributed by atoms with van der Waals surface area (Å²) in [6.07, 6.45) is 0. The molecule has 2 rings (SSSR count).